The number of nitrogen functional groups attached to an aromatic ring is 1. The summed E-state index contributed by atoms with van der Waals surface area (Å²) in [5.41, 5.74) is 6.48. The molecule has 0 radical (unpaired) electrons. The van der Waals surface area contributed by atoms with Crippen LogP contribution in [0.4, 0.5) is 5.82 Å². The van der Waals surface area contributed by atoms with Crippen LogP contribution in [-0.2, 0) is 6.54 Å². The number of nitrogens with zero attached hydrogens (tertiary/aromatic N) is 3. The summed E-state index contributed by atoms with van der Waals surface area (Å²) in [4.78, 5) is 12.6. The van der Waals surface area contributed by atoms with Crippen LogP contribution in [0, 0.1) is 5.41 Å². The Labute approximate surface area is 124 Å². The highest BCUT2D eigenvalue weighted by atomic mass is 32.1. The van der Waals surface area contributed by atoms with Crippen LogP contribution in [-0.4, -0.2) is 28.0 Å². The largest absolute Gasteiger partial charge is 0.383 e. The van der Waals surface area contributed by atoms with Gasteiger partial charge in [-0.3, -0.25) is 4.90 Å². The zero-order chi connectivity index (χ0) is 14.2. The molecule has 1 saturated heterocycles. The molecule has 2 aromatic rings. The fraction of sp³-hybridized carbons (Fsp3) is 0.600. The molecule has 0 spiro atoms. The lowest BCUT2D eigenvalue weighted by atomic mass is 9.85. The quantitative estimate of drug-likeness (QED) is 0.922. The minimum Gasteiger partial charge on any atom is -0.383 e. The first-order chi connectivity index (χ1) is 9.53. The van der Waals surface area contributed by atoms with E-state index in [0.717, 1.165) is 35.7 Å². The summed E-state index contributed by atoms with van der Waals surface area (Å²) in [5.74, 6) is 1.47. The number of nitrogens with two attached hydrogens (primary N) is 1. The number of rotatable bonds is 2. The van der Waals surface area contributed by atoms with Gasteiger partial charge in [0.15, 0.2) is 0 Å². The fourth-order valence-corrected chi connectivity index (χ4v) is 3.62. The van der Waals surface area contributed by atoms with Gasteiger partial charge in [0, 0.05) is 0 Å². The maximum Gasteiger partial charge on any atom is 0.146 e. The molecule has 1 aliphatic heterocycles. The molecule has 0 amide bonds. The van der Waals surface area contributed by atoms with E-state index in [2.05, 4.69) is 28.7 Å². The number of aromatic nitrogens is 2. The van der Waals surface area contributed by atoms with Crippen molar-refractivity contribution in [2.24, 2.45) is 5.41 Å². The highest BCUT2D eigenvalue weighted by Crippen LogP contribution is 2.30. The van der Waals surface area contributed by atoms with Gasteiger partial charge in [-0.1, -0.05) is 13.8 Å². The Morgan fingerprint density at radius 3 is 3.00 bits per heavy atom. The predicted molar refractivity (Wildman–Crippen MR) is 84.7 cm³/mol. The van der Waals surface area contributed by atoms with E-state index in [4.69, 9.17) is 5.73 Å². The second-order valence-corrected chi connectivity index (χ2v) is 7.35. The third kappa shape index (κ3) is 2.94. The summed E-state index contributed by atoms with van der Waals surface area (Å²) in [6, 6.07) is 1.99. The number of hydrogen-bond acceptors (Lipinski definition) is 5. The summed E-state index contributed by atoms with van der Waals surface area (Å²) in [6.45, 7) is 7.80. The van der Waals surface area contributed by atoms with Gasteiger partial charge in [0.05, 0.1) is 11.9 Å². The van der Waals surface area contributed by atoms with Crippen molar-refractivity contribution in [2.75, 3.05) is 18.8 Å². The molecule has 3 rings (SSSR count). The number of anilines is 1. The average molecular weight is 290 g/mol. The van der Waals surface area contributed by atoms with Crippen molar-refractivity contribution in [3.05, 3.63) is 17.3 Å². The van der Waals surface area contributed by atoms with Crippen LogP contribution in [0.1, 0.15) is 38.9 Å². The molecular weight excluding hydrogens is 268 g/mol. The van der Waals surface area contributed by atoms with Gasteiger partial charge in [0.2, 0.25) is 0 Å². The molecule has 0 unspecified atom stereocenters. The van der Waals surface area contributed by atoms with E-state index in [1.54, 1.807) is 11.3 Å². The molecule has 0 aliphatic carbocycles. The molecule has 20 heavy (non-hydrogen) atoms. The van der Waals surface area contributed by atoms with Gasteiger partial charge in [-0.15, -0.1) is 11.3 Å². The number of hydrogen-bond donors (Lipinski definition) is 1. The molecule has 1 aliphatic rings. The molecule has 2 aromatic heterocycles. The van der Waals surface area contributed by atoms with Crippen LogP contribution in [0.15, 0.2) is 11.4 Å². The lowest BCUT2D eigenvalue weighted by Gasteiger charge is -2.22. The van der Waals surface area contributed by atoms with Gasteiger partial charge in [0.25, 0.3) is 0 Å². The molecule has 0 atom stereocenters. The fourth-order valence-electron chi connectivity index (χ4n) is 2.83. The Hall–Kier alpha value is -1.20. The van der Waals surface area contributed by atoms with Crippen molar-refractivity contribution in [3.8, 4) is 0 Å². The standard InChI is InChI=1S/C15H22N4S/c1-15(2)5-3-7-19(8-6-15)10-12-17-13(16)11-4-9-20-14(11)18-12/h4,9H,3,5-8,10H2,1-2H3,(H2,16,17,18). The zero-order valence-corrected chi connectivity index (χ0v) is 13.0. The van der Waals surface area contributed by atoms with Crippen LogP contribution < -0.4 is 5.73 Å². The minimum absolute atomic E-state index is 0.465. The SMILES string of the molecule is CC1(C)CCCN(Cc2nc(N)c3ccsc3n2)CC1. The molecule has 0 aromatic carbocycles. The van der Waals surface area contributed by atoms with Crippen molar-refractivity contribution >= 4 is 27.4 Å². The van der Waals surface area contributed by atoms with Gasteiger partial charge in [-0.2, -0.15) is 0 Å². The average Bonchev–Trinajstić information content (AvgIpc) is 2.78. The maximum atomic E-state index is 6.02. The van der Waals surface area contributed by atoms with Crippen molar-refractivity contribution in [3.63, 3.8) is 0 Å². The molecule has 5 heteroatoms. The van der Waals surface area contributed by atoms with Gasteiger partial charge in [-0.25, -0.2) is 9.97 Å². The predicted octanol–water partition coefficient (Wildman–Crippen LogP) is 3.29. The molecule has 1 fully saturated rings. The Bertz CT molecular complexity index is 605. The maximum absolute atomic E-state index is 6.02. The van der Waals surface area contributed by atoms with Crippen LogP contribution >= 0.6 is 11.3 Å². The van der Waals surface area contributed by atoms with Crippen LogP contribution in [0.25, 0.3) is 10.2 Å². The highest BCUT2D eigenvalue weighted by Gasteiger charge is 2.23. The number of thiophene rings is 1. The Balaban J connectivity index is 1.75. The van der Waals surface area contributed by atoms with E-state index >= 15 is 0 Å². The van der Waals surface area contributed by atoms with E-state index in [0.29, 0.717) is 11.2 Å². The summed E-state index contributed by atoms with van der Waals surface area (Å²) < 4.78 is 0. The van der Waals surface area contributed by atoms with Crippen molar-refractivity contribution < 1.29 is 0 Å². The summed E-state index contributed by atoms with van der Waals surface area (Å²) in [5, 5.41) is 3.00. The van der Waals surface area contributed by atoms with E-state index in [1.807, 2.05) is 11.4 Å². The van der Waals surface area contributed by atoms with Crippen molar-refractivity contribution in [1.29, 1.82) is 0 Å². The lowest BCUT2D eigenvalue weighted by Crippen LogP contribution is -2.26. The monoisotopic (exact) mass is 290 g/mol. The Kier molecular flexibility index (Phi) is 3.65. The molecule has 4 nitrogen and oxygen atoms in total. The van der Waals surface area contributed by atoms with Gasteiger partial charge in [0.1, 0.15) is 16.5 Å². The van der Waals surface area contributed by atoms with Crippen LogP contribution in [0.5, 0.6) is 0 Å². The smallest absolute Gasteiger partial charge is 0.146 e. The lowest BCUT2D eigenvalue weighted by molar-refractivity contribution is 0.251. The highest BCUT2D eigenvalue weighted by molar-refractivity contribution is 7.16. The Morgan fingerprint density at radius 2 is 2.15 bits per heavy atom. The van der Waals surface area contributed by atoms with E-state index in [-0.39, 0.29) is 0 Å². The van der Waals surface area contributed by atoms with Gasteiger partial charge < -0.3 is 5.73 Å². The van der Waals surface area contributed by atoms with Crippen molar-refractivity contribution in [1.82, 2.24) is 14.9 Å². The van der Waals surface area contributed by atoms with Crippen molar-refractivity contribution in [2.45, 2.75) is 39.7 Å². The summed E-state index contributed by atoms with van der Waals surface area (Å²) >= 11 is 1.63. The topological polar surface area (TPSA) is 55.0 Å². The van der Waals surface area contributed by atoms with E-state index < -0.39 is 0 Å². The molecular formula is C15H22N4S. The first-order valence-electron chi connectivity index (χ1n) is 7.25. The molecule has 0 saturated carbocycles. The zero-order valence-electron chi connectivity index (χ0n) is 12.2. The third-order valence-electron chi connectivity index (χ3n) is 4.20. The molecule has 3 heterocycles. The molecule has 108 valence electrons. The minimum atomic E-state index is 0.465. The van der Waals surface area contributed by atoms with Crippen LogP contribution in [0.3, 0.4) is 0 Å². The summed E-state index contributed by atoms with van der Waals surface area (Å²) in [7, 11) is 0. The normalized spacial score (nSPS) is 20.1. The number of fused-ring (bicyclic) bond motifs is 1. The first-order valence-corrected chi connectivity index (χ1v) is 8.13. The summed E-state index contributed by atoms with van der Waals surface area (Å²) in [6.07, 6.45) is 3.80. The third-order valence-corrected chi connectivity index (χ3v) is 5.01. The molecule has 0 bridgehead atoms. The Morgan fingerprint density at radius 1 is 1.30 bits per heavy atom. The number of likely N-dealkylation sites (tertiary alicyclic amines) is 1. The second kappa shape index (κ2) is 5.30. The van der Waals surface area contributed by atoms with E-state index in [9.17, 15) is 0 Å². The second-order valence-electron chi connectivity index (χ2n) is 6.46. The van der Waals surface area contributed by atoms with Gasteiger partial charge >= 0.3 is 0 Å². The first kappa shape index (κ1) is 13.8. The van der Waals surface area contributed by atoms with E-state index in [1.165, 1.54) is 19.3 Å². The molecule has 2 N–H and O–H groups in total. The van der Waals surface area contributed by atoms with Gasteiger partial charge in [-0.05, 0) is 49.2 Å². The van der Waals surface area contributed by atoms with Crippen LogP contribution in [0.2, 0.25) is 0 Å².